The Kier molecular flexibility index (Phi) is 6.41. The minimum atomic E-state index is -5.08. The van der Waals surface area contributed by atoms with E-state index >= 15 is 0 Å². The van der Waals surface area contributed by atoms with Crippen molar-refractivity contribution in [1.82, 2.24) is 14.5 Å². The highest BCUT2D eigenvalue weighted by atomic mass is 19.4. The van der Waals surface area contributed by atoms with Gasteiger partial charge in [-0.1, -0.05) is 18.2 Å². The predicted molar refractivity (Wildman–Crippen MR) is 121 cm³/mol. The molecule has 2 heterocycles. The first-order valence-electron chi connectivity index (χ1n) is 10.6. The van der Waals surface area contributed by atoms with Crippen molar-refractivity contribution in [2.45, 2.75) is 18.8 Å². The molecule has 0 radical (unpaired) electrons. The van der Waals surface area contributed by atoms with Crippen LogP contribution in [0.4, 0.5) is 38.1 Å². The van der Waals surface area contributed by atoms with Crippen molar-refractivity contribution in [2.75, 3.05) is 24.2 Å². The summed E-state index contributed by atoms with van der Waals surface area (Å²) in [5.74, 6) is -2.19. The summed E-state index contributed by atoms with van der Waals surface area (Å²) in [6, 6.07) is 8.40. The van der Waals surface area contributed by atoms with Crippen LogP contribution in [0.25, 0.3) is 32.9 Å². The van der Waals surface area contributed by atoms with E-state index in [0.717, 1.165) is 6.07 Å². The maximum atomic E-state index is 13.8. The van der Waals surface area contributed by atoms with Crippen molar-refractivity contribution in [1.29, 1.82) is 0 Å². The Labute approximate surface area is 199 Å². The summed E-state index contributed by atoms with van der Waals surface area (Å²) in [5.41, 5.74) is 6.07. The summed E-state index contributed by atoms with van der Waals surface area (Å²) in [4.78, 5) is 19.2. The third kappa shape index (κ3) is 4.86. The number of carbonyl (C=O) groups is 1. The monoisotopic (exact) mass is 511 g/mol. The second kappa shape index (κ2) is 9.21. The maximum absolute atomic E-state index is 13.8. The zero-order chi connectivity index (χ0) is 26.3. The lowest BCUT2D eigenvalue weighted by Gasteiger charge is -2.17. The number of ether oxygens (including phenoxy) is 1. The van der Waals surface area contributed by atoms with Gasteiger partial charge in [-0.2, -0.15) is 31.3 Å². The minimum Gasteiger partial charge on any atom is -0.459 e. The maximum Gasteiger partial charge on any atom is 0.490 e. The summed E-state index contributed by atoms with van der Waals surface area (Å²) < 4.78 is 83.9. The molecule has 2 aromatic carbocycles. The number of esters is 1. The molecule has 36 heavy (non-hydrogen) atoms. The average Bonchev–Trinajstić information content (AvgIpc) is 3.18. The first kappa shape index (κ1) is 25.1. The molecule has 0 aliphatic heterocycles. The molecule has 0 fully saturated rings. The number of benzene rings is 2. The van der Waals surface area contributed by atoms with Crippen LogP contribution in [0.1, 0.15) is 12.0 Å². The summed E-state index contributed by atoms with van der Waals surface area (Å²) >= 11 is 0. The Morgan fingerprint density at radius 2 is 1.81 bits per heavy atom. The van der Waals surface area contributed by atoms with Gasteiger partial charge in [-0.25, -0.2) is 9.78 Å². The van der Waals surface area contributed by atoms with Crippen molar-refractivity contribution in [3.05, 3.63) is 48.2 Å². The Morgan fingerprint density at radius 1 is 1.08 bits per heavy atom. The van der Waals surface area contributed by atoms with Gasteiger partial charge in [-0.05, 0) is 30.2 Å². The number of nitrogens with two attached hydrogens (primary N) is 1. The zero-order valence-corrected chi connectivity index (χ0v) is 18.7. The first-order valence-corrected chi connectivity index (χ1v) is 10.6. The topological polar surface area (TPSA) is 95.1 Å². The van der Waals surface area contributed by atoms with Crippen molar-refractivity contribution in [2.24, 2.45) is 7.05 Å². The number of rotatable bonds is 6. The molecule has 13 heteroatoms. The summed E-state index contributed by atoms with van der Waals surface area (Å²) in [5, 5.41) is 3.97. The van der Waals surface area contributed by atoms with E-state index in [-0.39, 0.29) is 35.8 Å². The fourth-order valence-corrected chi connectivity index (χ4v) is 3.96. The van der Waals surface area contributed by atoms with Crippen molar-refractivity contribution in [3.63, 3.8) is 0 Å². The number of hydrogen-bond donors (Lipinski definition) is 2. The second-order valence-corrected chi connectivity index (χ2v) is 7.89. The van der Waals surface area contributed by atoms with Crippen LogP contribution in [-0.2, 0) is 22.8 Å². The quantitative estimate of drug-likeness (QED) is 0.207. The fraction of sp³-hybridized carbons (Fsp3) is 0.261. The van der Waals surface area contributed by atoms with E-state index in [1.165, 1.54) is 24.3 Å². The highest BCUT2D eigenvalue weighted by Gasteiger charge is 2.40. The molecule has 0 spiro atoms. The van der Waals surface area contributed by atoms with Gasteiger partial charge in [-0.3, -0.25) is 0 Å². The van der Waals surface area contributed by atoms with E-state index in [4.69, 9.17) is 5.73 Å². The molecular formula is C23H19F6N5O2. The third-order valence-electron chi connectivity index (χ3n) is 5.43. The SMILES string of the molecule is Cn1ccc2c3c(NCCCOC(=O)C(F)(F)F)nc(N)nc3cc(-c3ccccc3C(F)(F)F)c21. The van der Waals surface area contributed by atoms with Gasteiger partial charge in [0.05, 0.1) is 28.6 Å². The Hall–Kier alpha value is -4.03. The number of hydrogen-bond acceptors (Lipinski definition) is 6. The van der Waals surface area contributed by atoms with Crippen LogP contribution in [0.15, 0.2) is 42.6 Å². The number of carbonyl (C=O) groups excluding carboxylic acids is 1. The number of aromatic nitrogens is 3. The normalized spacial score (nSPS) is 12.3. The van der Waals surface area contributed by atoms with Gasteiger partial charge in [0, 0.05) is 30.7 Å². The van der Waals surface area contributed by atoms with Crippen LogP contribution < -0.4 is 11.1 Å². The zero-order valence-electron chi connectivity index (χ0n) is 18.7. The van der Waals surface area contributed by atoms with E-state index in [9.17, 15) is 31.1 Å². The smallest absolute Gasteiger partial charge is 0.459 e. The molecule has 0 aliphatic carbocycles. The van der Waals surface area contributed by atoms with Gasteiger partial charge in [0.15, 0.2) is 0 Å². The molecule has 4 rings (SSSR count). The van der Waals surface area contributed by atoms with Crippen molar-refractivity contribution >= 4 is 39.5 Å². The predicted octanol–water partition coefficient (Wildman–Crippen LogP) is 5.30. The number of nitrogens with zero attached hydrogens (tertiary/aromatic N) is 3. The van der Waals surface area contributed by atoms with Crippen molar-refractivity contribution < 1.29 is 35.9 Å². The van der Waals surface area contributed by atoms with Crippen LogP contribution in [0.5, 0.6) is 0 Å². The highest BCUT2D eigenvalue weighted by molar-refractivity contribution is 6.16. The average molecular weight is 511 g/mol. The summed E-state index contributed by atoms with van der Waals surface area (Å²) in [6.45, 7) is -0.410. The molecule has 0 saturated carbocycles. The second-order valence-electron chi connectivity index (χ2n) is 7.89. The van der Waals surface area contributed by atoms with Gasteiger partial charge in [0.2, 0.25) is 5.95 Å². The molecule has 190 valence electrons. The lowest BCUT2D eigenvalue weighted by Crippen LogP contribution is -2.26. The van der Waals surface area contributed by atoms with Gasteiger partial charge >= 0.3 is 18.3 Å². The van der Waals surface area contributed by atoms with Gasteiger partial charge in [0.25, 0.3) is 0 Å². The molecule has 0 aliphatic rings. The number of alkyl halides is 6. The van der Waals surface area contributed by atoms with Crippen LogP contribution >= 0.6 is 0 Å². The van der Waals surface area contributed by atoms with E-state index < -0.39 is 30.5 Å². The van der Waals surface area contributed by atoms with Crippen LogP contribution in [0.3, 0.4) is 0 Å². The molecule has 0 amide bonds. The van der Waals surface area contributed by atoms with Crippen LogP contribution in [0.2, 0.25) is 0 Å². The highest BCUT2D eigenvalue weighted by Crippen LogP contribution is 2.42. The van der Waals surface area contributed by atoms with Crippen molar-refractivity contribution in [3.8, 4) is 11.1 Å². The van der Waals surface area contributed by atoms with Gasteiger partial charge in [-0.15, -0.1) is 0 Å². The lowest BCUT2D eigenvalue weighted by molar-refractivity contribution is -0.199. The number of nitrogens with one attached hydrogen (secondary N) is 1. The number of nitrogen functional groups attached to an aromatic ring is 1. The fourth-order valence-electron chi connectivity index (χ4n) is 3.96. The molecule has 2 aromatic heterocycles. The molecule has 0 bridgehead atoms. The minimum absolute atomic E-state index is 0.0300. The molecule has 3 N–H and O–H groups in total. The number of anilines is 2. The summed E-state index contributed by atoms with van der Waals surface area (Å²) in [7, 11) is 1.69. The Bertz CT molecular complexity index is 1450. The van der Waals surface area contributed by atoms with Crippen LogP contribution in [0, 0.1) is 0 Å². The van der Waals surface area contributed by atoms with Crippen LogP contribution in [-0.4, -0.2) is 39.8 Å². The number of fused-ring (bicyclic) bond motifs is 3. The molecule has 0 saturated heterocycles. The van der Waals surface area contributed by atoms with E-state index in [1.54, 1.807) is 23.9 Å². The van der Waals surface area contributed by atoms with Gasteiger partial charge in [0.1, 0.15) is 5.82 Å². The number of aryl methyl sites for hydroxylation is 1. The standard InChI is InChI=1S/C23H19F6N5O2/c1-34-9-7-13-17-16(11-14(18(13)34)12-5-2-3-6-15(12)22(24,25)26)32-21(30)33-19(17)31-8-4-10-36-20(35)23(27,28)29/h2-3,5-7,9,11H,4,8,10H2,1H3,(H3,30,31,32,33). The molecule has 0 unspecified atom stereocenters. The third-order valence-corrected chi connectivity index (χ3v) is 5.43. The number of halogens is 6. The van der Waals surface area contributed by atoms with Gasteiger partial charge < -0.3 is 20.4 Å². The largest absolute Gasteiger partial charge is 0.490 e. The summed E-state index contributed by atoms with van der Waals surface area (Å²) in [6.07, 6.45) is -7.95. The van der Waals surface area contributed by atoms with E-state index in [2.05, 4.69) is 20.0 Å². The first-order chi connectivity index (χ1) is 16.9. The van der Waals surface area contributed by atoms with E-state index in [1.807, 2.05) is 0 Å². The Morgan fingerprint density at radius 3 is 2.50 bits per heavy atom. The van der Waals surface area contributed by atoms with E-state index in [0.29, 0.717) is 21.9 Å². The molecular weight excluding hydrogens is 492 g/mol. The molecule has 4 aromatic rings. The molecule has 7 nitrogen and oxygen atoms in total. The Balaban J connectivity index is 1.74. The molecule has 0 atom stereocenters. The lowest BCUT2D eigenvalue weighted by atomic mass is 9.95.